The average molecular weight is 98.1 g/mol. The van der Waals surface area contributed by atoms with Gasteiger partial charge in [-0.25, -0.2) is 0 Å². The second-order valence-electron chi connectivity index (χ2n) is 1.15. The molecule has 0 aliphatic rings. The van der Waals surface area contributed by atoms with E-state index in [4.69, 9.17) is 11.5 Å². The largest absolute Gasteiger partial charge is 0.405 e. The van der Waals surface area contributed by atoms with Crippen LogP contribution in [0.1, 0.15) is 6.92 Å². The zero-order chi connectivity index (χ0) is 5.70. The second-order valence-corrected chi connectivity index (χ2v) is 1.15. The molecule has 0 radical (unpaired) electrons. The molecule has 4 N–H and O–H groups in total. The van der Waals surface area contributed by atoms with E-state index in [-0.39, 0.29) is 0 Å². The Morgan fingerprint density at radius 1 is 1.57 bits per heavy atom. The van der Waals surface area contributed by atoms with Crippen LogP contribution in [0.25, 0.3) is 0 Å². The fourth-order valence-corrected chi connectivity index (χ4v) is 0.207. The van der Waals surface area contributed by atoms with Crippen LogP contribution in [0.5, 0.6) is 0 Å². The van der Waals surface area contributed by atoms with Gasteiger partial charge in [0, 0.05) is 5.70 Å². The third-order valence-electron chi connectivity index (χ3n) is 0.622. The minimum Gasteiger partial charge on any atom is -0.405 e. The summed E-state index contributed by atoms with van der Waals surface area (Å²) in [5.41, 5.74) is 11.0. The summed E-state index contributed by atoms with van der Waals surface area (Å²) in [5, 5.41) is 0. The van der Waals surface area contributed by atoms with Gasteiger partial charge in [0.25, 0.3) is 0 Å². The first-order valence-corrected chi connectivity index (χ1v) is 2.11. The summed E-state index contributed by atoms with van der Waals surface area (Å²) in [4.78, 5) is 0. The van der Waals surface area contributed by atoms with E-state index in [1.165, 1.54) is 6.20 Å². The molecule has 2 nitrogen and oxygen atoms in total. The lowest BCUT2D eigenvalue weighted by molar-refractivity contribution is 1.38. The van der Waals surface area contributed by atoms with Crippen LogP contribution in [0.4, 0.5) is 0 Å². The first-order chi connectivity index (χ1) is 3.31. The number of allylic oxidation sites excluding steroid dienone is 2. The molecule has 0 aliphatic heterocycles. The molecule has 0 fully saturated rings. The van der Waals surface area contributed by atoms with E-state index < -0.39 is 0 Å². The number of hydrogen-bond acceptors (Lipinski definition) is 2. The molecule has 0 saturated heterocycles. The molecule has 40 valence electrons. The molecule has 0 spiro atoms. The van der Waals surface area contributed by atoms with Crippen LogP contribution in [-0.4, -0.2) is 0 Å². The molecule has 0 unspecified atom stereocenters. The summed E-state index contributed by atoms with van der Waals surface area (Å²) in [5.74, 6) is 0. The van der Waals surface area contributed by atoms with Crippen molar-refractivity contribution < 1.29 is 0 Å². The Kier molecular flexibility index (Phi) is 2.85. The predicted molar refractivity (Wildman–Crippen MR) is 31.3 cm³/mol. The lowest BCUT2D eigenvalue weighted by Crippen LogP contribution is -1.92. The van der Waals surface area contributed by atoms with Gasteiger partial charge in [-0.3, -0.25) is 0 Å². The second kappa shape index (κ2) is 3.28. The smallest absolute Gasteiger partial charge is 0.0285 e. The van der Waals surface area contributed by atoms with Crippen molar-refractivity contribution in [2.45, 2.75) is 6.92 Å². The molecule has 0 bridgehead atoms. The van der Waals surface area contributed by atoms with Gasteiger partial charge in [0.15, 0.2) is 0 Å². The summed E-state index contributed by atoms with van der Waals surface area (Å²) >= 11 is 0. The molecular formula is C5H10N2. The van der Waals surface area contributed by atoms with Crippen LogP contribution in [0.2, 0.25) is 0 Å². The third-order valence-corrected chi connectivity index (χ3v) is 0.622. The zero-order valence-electron chi connectivity index (χ0n) is 4.39. The Hall–Kier alpha value is -0.920. The van der Waals surface area contributed by atoms with Gasteiger partial charge in [-0.1, -0.05) is 6.08 Å². The SMILES string of the molecule is C/C=C(N)\C=C\N. The average Bonchev–Trinajstić information content (AvgIpc) is 1.68. The third kappa shape index (κ3) is 2.89. The Labute approximate surface area is 43.5 Å². The number of nitrogens with two attached hydrogens (primary N) is 2. The maximum absolute atomic E-state index is 5.28. The zero-order valence-corrected chi connectivity index (χ0v) is 4.39. The highest BCUT2D eigenvalue weighted by Crippen LogP contribution is 1.80. The fourth-order valence-electron chi connectivity index (χ4n) is 0.207. The van der Waals surface area contributed by atoms with Gasteiger partial charge in [0.05, 0.1) is 0 Å². The highest BCUT2D eigenvalue weighted by atomic mass is 14.6. The van der Waals surface area contributed by atoms with Crippen molar-refractivity contribution in [2.24, 2.45) is 11.5 Å². The van der Waals surface area contributed by atoms with Gasteiger partial charge < -0.3 is 11.5 Å². The van der Waals surface area contributed by atoms with Crippen LogP contribution in [-0.2, 0) is 0 Å². The van der Waals surface area contributed by atoms with Crippen LogP contribution in [0, 0.1) is 0 Å². The lowest BCUT2D eigenvalue weighted by atomic mass is 10.4. The van der Waals surface area contributed by atoms with Gasteiger partial charge >= 0.3 is 0 Å². The van der Waals surface area contributed by atoms with E-state index in [1.54, 1.807) is 12.2 Å². The highest BCUT2D eigenvalue weighted by Gasteiger charge is 1.70. The summed E-state index contributed by atoms with van der Waals surface area (Å²) in [6, 6.07) is 0. The van der Waals surface area contributed by atoms with Crippen molar-refractivity contribution in [1.82, 2.24) is 0 Å². The van der Waals surface area contributed by atoms with Crippen LogP contribution in [0.15, 0.2) is 24.0 Å². The Balaban J connectivity index is 3.58. The normalized spacial score (nSPS) is 13.0. The lowest BCUT2D eigenvalue weighted by Gasteiger charge is -1.83. The molecule has 0 aromatic carbocycles. The van der Waals surface area contributed by atoms with Crippen molar-refractivity contribution in [1.29, 1.82) is 0 Å². The molecule has 0 rings (SSSR count). The van der Waals surface area contributed by atoms with Crippen LogP contribution >= 0.6 is 0 Å². The van der Waals surface area contributed by atoms with E-state index in [1.807, 2.05) is 6.92 Å². The van der Waals surface area contributed by atoms with Gasteiger partial charge in [-0.15, -0.1) is 0 Å². The topological polar surface area (TPSA) is 52.0 Å². The molecule has 0 amide bonds. The summed E-state index contributed by atoms with van der Waals surface area (Å²) < 4.78 is 0. The molecule has 0 heterocycles. The quantitative estimate of drug-likeness (QED) is 0.464. The monoisotopic (exact) mass is 98.1 g/mol. The van der Waals surface area contributed by atoms with Crippen molar-refractivity contribution in [3.63, 3.8) is 0 Å². The molecule has 0 atom stereocenters. The molecule has 0 saturated carbocycles. The van der Waals surface area contributed by atoms with Gasteiger partial charge in [-0.05, 0) is 19.2 Å². The van der Waals surface area contributed by atoms with E-state index in [9.17, 15) is 0 Å². The van der Waals surface area contributed by atoms with Crippen LogP contribution < -0.4 is 11.5 Å². The predicted octanol–water partition coefficient (Wildman–Crippen LogP) is 0.321. The highest BCUT2D eigenvalue weighted by molar-refractivity contribution is 5.11. The van der Waals surface area contributed by atoms with Crippen molar-refractivity contribution in [3.8, 4) is 0 Å². The summed E-state index contributed by atoms with van der Waals surface area (Å²) in [6.45, 7) is 1.86. The number of rotatable bonds is 1. The van der Waals surface area contributed by atoms with Crippen molar-refractivity contribution >= 4 is 0 Å². The van der Waals surface area contributed by atoms with Gasteiger partial charge in [0.1, 0.15) is 0 Å². The molecule has 0 aliphatic carbocycles. The van der Waals surface area contributed by atoms with Crippen molar-refractivity contribution in [3.05, 3.63) is 24.0 Å². The van der Waals surface area contributed by atoms with E-state index in [0.29, 0.717) is 5.70 Å². The molecule has 7 heavy (non-hydrogen) atoms. The summed E-state index contributed by atoms with van der Waals surface area (Å²) in [6.07, 6.45) is 4.83. The minimum absolute atomic E-state index is 0.697. The first-order valence-electron chi connectivity index (χ1n) is 2.11. The fraction of sp³-hybridized carbons (Fsp3) is 0.200. The molecule has 0 aromatic heterocycles. The van der Waals surface area contributed by atoms with E-state index in [0.717, 1.165) is 0 Å². The summed E-state index contributed by atoms with van der Waals surface area (Å²) in [7, 11) is 0. The van der Waals surface area contributed by atoms with E-state index >= 15 is 0 Å². The van der Waals surface area contributed by atoms with Crippen molar-refractivity contribution in [2.75, 3.05) is 0 Å². The molecule has 0 aromatic rings. The van der Waals surface area contributed by atoms with E-state index in [2.05, 4.69) is 0 Å². The molecule has 2 heteroatoms. The van der Waals surface area contributed by atoms with Gasteiger partial charge in [0.2, 0.25) is 0 Å². The van der Waals surface area contributed by atoms with Gasteiger partial charge in [-0.2, -0.15) is 0 Å². The maximum Gasteiger partial charge on any atom is 0.0285 e. The standard InChI is InChI=1S/C5H10N2/c1-2-5(7)3-4-6/h2-4H,6-7H2,1H3/b4-3+,5-2+. The minimum atomic E-state index is 0.697. The Bertz CT molecular complexity index is 92.3. The van der Waals surface area contributed by atoms with Crippen LogP contribution in [0.3, 0.4) is 0 Å². The first kappa shape index (κ1) is 6.08. The number of hydrogen-bond donors (Lipinski definition) is 2. The maximum atomic E-state index is 5.28. The Morgan fingerprint density at radius 3 is 2.29 bits per heavy atom. The Morgan fingerprint density at radius 2 is 2.14 bits per heavy atom. The molecular weight excluding hydrogens is 88.1 g/mol.